The second-order valence-electron chi connectivity index (χ2n) is 8.94. The van der Waals surface area contributed by atoms with E-state index in [1.807, 2.05) is 49.4 Å². The Morgan fingerprint density at radius 3 is 2.73 bits per heavy atom. The number of para-hydroxylation sites is 1. The SMILES string of the molecule is CC1CCCCC12NC(=O)N(CC(=O)Nc1ccc(Cc3nc4ccccc4s3)cc1)C2=O. The van der Waals surface area contributed by atoms with Gasteiger partial charge in [-0.15, -0.1) is 11.3 Å². The molecule has 1 saturated heterocycles. The number of fused-ring (bicyclic) bond motifs is 1. The first-order valence-electron chi connectivity index (χ1n) is 11.3. The van der Waals surface area contributed by atoms with E-state index in [9.17, 15) is 14.4 Å². The second-order valence-corrected chi connectivity index (χ2v) is 10.1. The van der Waals surface area contributed by atoms with Crippen LogP contribution < -0.4 is 10.6 Å². The molecule has 0 bridgehead atoms. The minimum absolute atomic E-state index is 0.0683. The summed E-state index contributed by atoms with van der Waals surface area (Å²) in [4.78, 5) is 43.8. The predicted octanol–water partition coefficient (Wildman–Crippen LogP) is 4.33. The van der Waals surface area contributed by atoms with Crippen LogP contribution >= 0.6 is 11.3 Å². The number of hydrogen-bond acceptors (Lipinski definition) is 5. The minimum Gasteiger partial charge on any atom is -0.325 e. The van der Waals surface area contributed by atoms with Gasteiger partial charge in [-0.05, 0) is 48.6 Å². The second kappa shape index (κ2) is 8.59. The fourth-order valence-electron chi connectivity index (χ4n) is 4.86. The van der Waals surface area contributed by atoms with Gasteiger partial charge in [-0.25, -0.2) is 9.78 Å². The van der Waals surface area contributed by atoms with Crippen molar-refractivity contribution < 1.29 is 14.4 Å². The molecule has 170 valence electrons. The number of rotatable bonds is 5. The molecule has 2 N–H and O–H groups in total. The molecule has 8 heteroatoms. The van der Waals surface area contributed by atoms with Gasteiger partial charge in [0.05, 0.1) is 15.2 Å². The maximum atomic E-state index is 13.0. The maximum Gasteiger partial charge on any atom is 0.325 e. The van der Waals surface area contributed by atoms with Crippen molar-refractivity contribution in [2.45, 2.75) is 44.6 Å². The van der Waals surface area contributed by atoms with E-state index in [-0.39, 0.29) is 18.4 Å². The van der Waals surface area contributed by atoms with Gasteiger partial charge in [-0.3, -0.25) is 14.5 Å². The zero-order chi connectivity index (χ0) is 23.0. The maximum absolute atomic E-state index is 13.0. The van der Waals surface area contributed by atoms with Crippen molar-refractivity contribution in [1.29, 1.82) is 0 Å². The van der Waals surface area contributed by atoms with Crippen molar-refractivity contribution in [3.63, 3.8) is 0 Å². The number of amides is 4. The number of aromatic nitrogens is 1. The molecule has 1 saturated carbocycles. The lowest BCUT2D eigenvalue weighted by Crippen LogP contribution is -2.54. The zero-order valence-electron chi connectivity index (χ0n) is 18.5. The van der Waals surface area contributed by atoms with E-state index in [2.05, 4.69) is 21.7 Å². The topological polar surface area (TPSA) is 91.4 Å². The van der Waals surface area contributed by atoms with E-state index in [1.54, 1.807) is 11.3 Å². The number of benzene rings is 2. The number of nitrogens with one attached hydrogen (secondary N) is 2. The first-order chi connectivity index (χ1) is 15.9. The van der Waals surface area contributed by atoms with Gasteiger partial charge in [-0.2, -0.15) is 0 Å². The van der Waals surface area contributed by atoms with E-state index in [1.165, 1.54) is 4.70 Å². The summed E-state index contributed by atoms with van der Waals surface area (Å²) in [6.45, 7) is 1.71. The standard InChI is InChI=1S/C25H26N4O3S/c1-16-6-4-5-13-25(16)23(31)29(24(32)28-25)15-21(30)26-18-11-9-17(10-12-18)14-22-27-19-7-2-3-8-20(19)33-22/h2-3,7-12,16H,4-6,13-15H2,1H3,(H,26,30)(H,28,32). The molecule has 1 aromatic heterocycles. The summed E-state index contributed by atoms with van der Waals surface area (Å²) in [5, 5.41) is 6.72. The van der Waals surface area contributed by atoms with E-state index < -0.39 is 17.5 Å². The molecule has 2 aromatic carbocycles. The molecule has 1 aliphatic heterocycles. The van der Waals surface area contributed by atoms with Crippen LogP contribution in [0, 0.1) is 5.92 Å². The molecule has 2 unspecified atom stereocenters. The van der Waals surface area contributed by atoms with E-state index >= 15 is 0 Å². The smallest absolute Gasteiger partial charge is 0.325 e. The fraction of sp³-hybridized carbons (Fsp3) is 0.360. The quantitative estimate of drug-likeness (QED) is 0.552. The number of anilines is 1. The van der Waals surface area contributed by atoms with Gasteiger partial charge in [0.2, 0.25) is 5.91 Å². The summed E-state index contributed by atoms with van der Waals surface area (Å²) in [6, 6.07) is 15.2. The number of thiazole rings is 1. The van der Waals surface area contributed by atoms with E-state index in [4.69, 9.17) is 0 Å². The van der Waals surface area contributed by atoms with Crippen LogP contribution in [0.25, 0.3) is 10.2 Å². The minimum atomic E-state index is -0.849. The lowest BCUT2D eigenvalue weighted by atomic mass is 9.73. The average molecular weight is 463 g/mol. The molecular weight excluding hydrogens is 436 g/mol. The van der Waals surface area contributed by atoms with Gasteiger partial charge in [0.1, 0.15) is 12.1 Å². The number of imide groups is 1. The third-order valence-corrected chi connectivity index (χ3v) is 7.77. The molecule has 5 rings (SSSR count). The fourth-order valence-corrected chi connectivity index (χ4v) is 5.86. The van der Waals surface area contributed by atoms with Gasteiger partial charge < -0.3 is 10.6 Å². The van der Waals surface area contributed by atoms with E-state index in [0.717, 1.165) is 46.7 Å². The number of urea groups is 1. The van der Waals surface area contributed by atoms with Crippen molar-refractivity contribution in [3.8, 4) is 0 Å². The third kappa shape index (κ3) is 4.11. The molecule has 1 aliphatic carbocycles. The van der Waals surface area contributed by atoms with Crippen LogP contribution in [0.5, 0.6) is 0 Å². The Labute approximate surface area is 196 Å². The van der Waals surface area contributed by atoms with Crippen molar-refractivity contribution in [3.05, 3.63) is 59.1 Å². The molecular formula is C25H26N4O3S. The molecule has 2 fully saturated rings. The van der Waals surface area contributed by atoms with Crippen molar-refractivity contribution in [2.75, 3.05) is 11.9 Å². The molecule has 0 radical (unpaired) electrons. The molecule has 2 atom stereocenters. The third-order valence-electron chi connectivity index (χ3n) is 6.73. The first-order valence-corrected chi connectivity index (χ1v) is 12.1. The highest BCUT2D eigenvalue weighted by molar-refractivity contribution is 7.18. The summed E-state index contributed by atoms with van der Waals surface area (Å²) >= 11 is 1.68. The molecule has 7 nitrogen and oxygen atoms in total. The molecule has 2 heterocycles. The highest BCUT2D eigenvalue weighted by atomic mass is 32.1. The van der Waals surface area contributed by atoms with Crippen LogP contribution in [0.4, 0.5) is 10.5 Å². The molecule has 2 aliphatic rings. The molecule has 33 heavy (non-hydrogen) atoms. The van der Waals surface area contributed by atoms with Crippen LogP contribution in [-0.2, 0) is 16.0 Å². The summed E-state index contributed by atoms with van der Waals surface area (Å²) in [5.74, 6) is -0.599. The Morgan fingerprint density at radius 1 is 1.18 bits per heavy atom. The van der Waals surface area contributed by atoms with Crippen LogP contribution in [0.3, 0.4) is 0 Å². The molecule has 4 amide bonds. The monoisotopic (exact) mass is 462 g/mol. The Kier molecular flexibility index (Phi) is 5.62. The van der Waals surface area contributed by atoms with Gasteiger partial charge >= 0.3 is 6.03 Å². The van der Waals surface area contributed by atoms with Crippen LogP contribution in [-0.4, -0.2) is 39.8 Å². The van der Waals surface area contributed by atoms with Crippen molar-refractivity contribution >= 4 is 45.1 Å². The Balaban J connectivity index is 1.20. The predicted molar refractivity (Wildman–Crippen MR) is 128 cm³/mol. The highest BCUT2D eigenvalue weighted by Gasteiger charge is 2.55. The first kappa shape index (κ1) is 21.6. The number of nitrogens with zero attached hydrogens (tertiary/aromatic N) is 2. The Bertz CT molecular complexity index is 1190. The highest BCUT2D eigenvalue weighted by Crippen LogP contribution is 2.38. The zero-order valence-corrected chi connectivity index (χ0v) is 19.3. The molecule has 1 spiro atoms. The van der Waals surface area contributed by atoms with Crippen LogP contribution in [0.15, 0.2) is 48.5 Å². The number of carbonyl (C=O) groups excluding carboxylic acids is 3. The number of hydrogen-bond donors (Lipinski definition) is 2. The van der Waals surface area contributed by atoms with Gasteiger partial charge in [-0.1, -0.05) is 44.0 Å². The average Bonchev–Trinajstić information content (AvgIpc) is 3.31. The van der Waals surface area contributed by atoms with Crippen LogP contribution in [0.2, 0.25) is 0 Å². The summed E-state index contributed by atoms with van der Waals surface area (Å²) < 4.78 is 1.17. The Morgan fingerprint density at radius 2 is 1.97 bits per heavy atom. The molecule has 3 aromatic rings. The summed E-state index contributed by atoms with van der Waals surface area (Å²) in [6.07, 6.45) is 4.21. The van der Waals surface area contributed by atoms with Crippen LogP contribution in [0.1, 0.15) is 43.2 Å². The number of carbonyl (C=O) groups is 3. The summed E-state index contributed by atoms with van der Waals surface area (Å²) in [7, 11) is 0. The van der Waals surface area contributed by atoms with Crippen molar-refractivity contribution in [2.24, 2.45) is 5.92 Å². The van der Waals surface area contributed by atoms with Gasteiger partial charge in [0.25, 0.3) is 5.91 Å². The normalized spacial score (nSPS) is 22.7. The summed E-state index contributed by atoms with van der Waals surface area (Å²) in [5.41, 5.74) is 1.87. The van der Waals surface area contributed by atoms with Crippen molar-refractivity contribution in [1.82, 2.24) is 15.2 Å². The van der Waals surface area contributed by atoms with E-state index in [0.29, 0.717) is 12.1 Å². The largest absolute Gasteiger partial charge is 0.325 e. The van der Waals surface area contributed by atoms with Gasteiger partial charge in [0, 0.05) is 12.1 Å². The lowest BCUT2D eigenvalue weighted by Gasteiger charge is -2.36. The Hall–Kier alpha value is -3.26. The lowest BCUT2D eigenvalue weighted by molar-refractivity contribution is -0.136. The van der Waals surface area contributed by atoms with Gasteiger partial charge in [0.15, 0.2) is 0 Å².